The van der Waals surface area contributed by atoms with Crippen LogP contribution in [0.4, 0.5) is 0 Å². The fourth-order valence-electron chi connectivity index (χ4n) is 2.60. The van der Waals surface area contributed by atoms with Crippen LogP contribution in [0.1, 0.15) is 47.0 Å². The lowest BCUT2D eigenvalue weighted by Gasteiger charge is -2.49. The van der Waals surface area contributed by atoms with Crippen molar-refractivity contribution in [3.63, 3.8) is 0 Å². The smallest absolute Gasteiger partial charge is 0.0611 e. The molecule has 0 spiro atoms. The van der Waals surface area contributed by atoms with Gasteiger partial charge in [0.25, 0.3) is 0 Å². The molecule has 0 aromatic heterocycles. The second-order valence-electron chi connectivity index (χ2n) is 5.90. The van der Waals surface area contributed by atoms with Gasteiger partial charge < -0.3 is 9.84 Å². The molecule has 1 rings (SSSR count). The quantitative estimate of drug-likeness (QED) is 0.749. The summed E-state index contributed by atoms with van der Waals surface area (Å²) in [6, 6.07) is 0. The Kier molecular flexibility index (Phi) is 4.35. The first kappa shape index (κ1) is 13.9. The molecule has 1 N–H and O–H groups in total. The third-order valence-electron chi connectivity index (χ3n) is 3.21. The minimum atomic E-state index is -0.369. The van der Waals surface area contributed by atoms with Crippen molar-refractivity contribution in [3.8, 4) is 0 Å². The van der Waals surface area contributed by atoms with Crippen LogP contribution in [0.15, 0.2) is 0 Å². The summed E-state index contributed by atoms with van der Waals surface area (Å²) in [5, 5.41) is 22.0. The first-order valence-corrected chi connectivity index (χ1v) is 5.99. The number of aliphatic hydroxyl groups is 1. The van der Waals surface area contributed by atoms with Crippen molar-refractivity contribution < 1.29 is 15.1 Å². The zero-order valence-electron chi connectivity index (χ0n) is 10.8. The minimum absolute atomic E-state index is 0.127. The molecule has 1 radical (unpaired) electrons. The number of aliphatic hydroxyl groups excluding tert-OH is 1. The van der Waals surface area contributed by atoms with Gasteiger partial charge in [-0.2, -0.15) is 0 Å². The number of piperidine rings is 1. The molecular formula is C12H24NO3. The normalized spacial score (nSPS) is 25.9. The van der Waals surface area contributed by atoms with Crippen LogP contribution in [0, 0.1) is 0 Å². The van der Waals surface area contributed by atoms with Gasteiger partial charge in [-0.3, -0.25) is 0 Å². The van der Waals surface area contributed by atoms with E-state index in [4.69, 9.17) is 9.84 Å². The van der Waals surface area contributed by atoms with Crippen molar-refractivity contribution in [1.29, 1.82) is 0 Å². The standard InChI is InChI=1S/C12H24NO3/c1-11(2)8-10(16-7-5-6-14)9-12(3,4)13(11)15/h10,14H,5-9H2,1-4H3. The molecule has 0 aromatic rings. The first-order chi connectivity index (χ1) is 7.29. The first-order valence-electron chi connectivity index (χ1n) is 5.99. The molecular weight excluding hydrogens is 206 g/mol. The van der Waals surface area contributed by atoms with Gasteiger partial charge in [-0.25, -0.2) is 0 Å². The van der Waals surface area contributed by atoms with Gasteiger partial charge in [0, 0.05) is 24.3 Å². The molecule has 1 fully saturated rings. The third-order valence-corrected chi connectivity index (χ3v) is 3.21. The lowest BCUT2D eigenvalue weighted by molar-refractivity contribution is -0.301. The van der Waals surface area contributed by atoms with Crippen LogP contribution in [0.2, 0.25) is 0 Å². The van der Waals surface area contributed by atoms with Gasteiger partial charge in [0.2, 0.25) is 0 Å². The van der Waals surface area contributed by atoms with Crippen molar-refractivity contribution in [1.82, 2.24) is 5.06 Å². The Balaban J connectivity index is 2.57. The molecule has 0 unspecified atom stereocenters. The summed E-state index contributed by atoms with van der Waals surface area (Å²) in [5.74, 6) is 0. The highest BCUT2D eigenvalue weighted by atomic mass is 16.5. The van der Waals surface area contributed by atoms with Crippen molar-refractivity contribution >= 4 is 0 Å². The number of hydroxylamine groups is 2. The molecule has 1 aliphatic rings. The summed E-state index contributed by atoms with van der Waals surface area (Å²) in [4.78, 5) is 0. The number of hydrogen-bond donors (Lipinski definition) is 1. The number of hydrogen-bond acceptors (Lipinski definition) is 3. The van der Waals surface area contributed by atoms with E-state index in [0.29, 0.717) is 13.0 Å². The summed E-state index contributed by atoms with van der Waals surface area (Å²) >= 11 is 0. The van der Waals surface area contributed by atoms with Gasteiger partial charge in [-0.05, 0) is 47.0 Å². The van der Waals surface area contributed by atoms with Gasteiger partial charge in [0.05, 0.1) is 6.10 Å². The fraction of sp³-hybridized carbons (Fsp3) is 1.00. The van der Waals surface area contributed by atoms with Crippen LogP contribution in [0.25, 0.3) is 0 Å². The molecule has 0 atom stereocenters. The third kappa shape index (κ3) is 3.17. The summed E-state index contributed by atoms with van der Waals surface area (Å²) in [6.45, 7) is 8.58. The molecule has 1 saturated heterocycles. The van der Waals surface area contributed by atoms with Crippen molar-refractivity contribution in [3.05, 3.63) is 0 Å². The van der Waals surface area contributed by atoms with E-state index in [0.717, 1.165) is 12.8 Å². The lowest BCUT2D eigenvalue weighted by Crippen LogP contribution is -2.59. The van der Waals surface area contributed by atoms with Gasteiger partial charge >= 0.3 is 0 Å². The summed E-state index contributed by atoms with van der Waals surface area (Å²) < 4.78 is 5.72. The van der Waals surface area contributed by atoms with Crippen LogP contribution in [-0.4, -0.2) is 40.6 Å². The Bertz CT molecular complexity index is 210. The average Bonchev–Trinajstić information content (AvgIpc) is 2.14. The van der Waals surface area contributed by atoms with E-state index in [-0.39, 0.29) is 23.8 Å². The van der Waals surface area contributed by atoms with Crippen LogP contribution >= 0.6 is 0 Å². The van der Waals surface area contributed by atoms with E-state index in [1.54, 1.807) is 0 Å². The SMILES string of the molecule is CC1(C)CC(OCCCO)CC(C)(C)N1[O]. The number of ether oxygens (including phenoxy) is 1. The van der Waals surface area contributed by atoms with Crippen molar-refractivity contribution in [2.75, 3.05) is 13.2 Å². The predicted octanol–water partition coefficient (Wildman–Crippen LogP) is 1.75. The highest BCUT2D eigenvalue weighted by molar-refractivity contribution is 4.96. The number of nitrogens with zero attached hydrogens (tertiary/aromatic N) is 1. The molecule has 0 amide bonds. The zero-order chi connectivity index (χ0) is 12.4. The highest BCUT2D eigenvalue weighted by Gasteiger charge is 2.46. The maximum absolute atomic E-state index is 12.1. The lowest BCUT2D eigenvalue weighted by atomic mass is 9.80. The van der Waals surface area contributed by atoms with E-state index in [2.05, 4.69) is 0 Å². The molecule has 1 heterocycles. The maximum Gasteiger partial charge on any atom is 0.0611 e. The second-order valence-corrected chi connectivity index (χ2v) is 5.90. The van der Waals surface area contributed by atoms with Crippen molar-refractivity contribution in [2.45, 2.75) is 64.1 Å². The van der Waals surface area contributed by atoms with Crippen molar-refractivity contribution in [2.24, 2.45) is 0 Å². The molecule has 4 nitrogen and oxygen atoms in total. The Morgan fingerprint density at radius 1 is 1.25 bits per heavy atom. The summed E-state index contributed by atoms with van der Waals surface area (Å²) in [7, 11) is 0. The summed E-state index contributed by atoms with van der Waals surface area (Å²) in [5.41, 5.74) is -0.739. The van der Waals surface area contributed by atoms with E-state index in [1.165, 1.54) is 5.06 Å². The Morgan fingerprint density at radius 3 is 2.19 bits per heavy atom. The Morgan fingerprint density at radius 2 is 1.75 bits per heavy atom. The number of rotatable bonds is 4. The predicted molar refractivity (Wildman–Crippen MR) is 61.4 cm³/mol. The Labute approximate surface area is 98.2 Å². The average molecular weight is 230 g/mol. The van der Waals surface area contributed by atoms with E-state index in [1.807, 2.05) is 27.7 Å². The zero-order valence-corrected chi connectivity index (χ0v) is 10.8. The van der Waals surface area contributed by atoms with Crippen LogP contribution in [0.3, 0.4) is 0 Å². The topological polar surface area (TPSA) is 52.6 Å². The van der Waals surface area contributed by atoms with E-state index < -0.39 is 0 Å². The van der Waals surface area contributed by atoms with Gasteiger partial charge in [0.15, 0.2) is 0 Å². The molecule has 4 heteroatoms. The fourth-order valence-corrected chi connectivity index (χ4v) is 2.60. The second kappa shape index (κ2) is 5.00. The summed E-state index contributed by atoms with van der Waals surface area (Å²) in [6.07, 6.45) is 2.30. The van der Waals surface area contributed by atoms with E-state index in [9.17, 15) is 5.21 Å². The van der Waals surface area contributed by atoms with Gasteiger partial charge in [0.1, 0.15) is 0 Å². The Hall–Kier alpha value is -0.160. The van der Waals surface area contributed by atoms with Gasteiger partial charge in [-0.1, -0.05) is 0 Å². The molecule has 0 saturated carbocycles. The van der Waals surface area contributed by atoms with Gasteiger partial charge in [-0.15, -0.1) is 10.3 Å². The molecule has 0 aromatic carbocycles. The maximum atomic E-state index is 12.1. The van der Waals surface area contributed by atoms with Crippen LogP contribution < -0.4 is 0 Å². The molecule has 0 aliphatic carbocycles. The molecule has 1 aliphatic heterocycles. The van der Waals surface area contributed by atoms with E-state index >= 15 is 0 Å². The molecule has 95 valence electrons. The molecule has 16 heavy (non-hydrogen) atoms. The van der Waals surface area contributed by atoms with Crippen LogP contribution in [0.5, 0.6) is 0 Å². The monoisotopic (exact) mass is 230 g/mol. The molecule has 0 bridgehead atoms. The van der Waals surface area contributed by atoms with Crippen LogP contribution in [-0.2, 0) is 9.94 Å². The largest absolute Gasteiger partial charge is 0.396 e. The highest BCUT2D eigenvalue weighted by Crippen LogP contribution is 2.38. The minimum Gasteiger partial charge on any atom is -0.396 e.